The SMILES string of the molecule is CC(F)(F)C(F)(F)CCOC(=O)C1CC2CCC1C2. The number of halogens is 4. The zero-order valence-electron chi connectivity index (χ0n) is 10.8. The molecule has 6 heteroatoms. The van der Waals surface area contributed by atoms with Gasteiger partial charge >= 0.3 is 17.8 Å². The lowest BCUT2D eigenvalue weighted by atomic mass is 9.89. The van der Waals surface area contributed by atoms with Gasteiger partial charge in [-0.05, 0) is 31.1 Å². The van der Waals surface area contributed by atoms with E-state index in [0.29, 0.717) is 11.8 Å². The molecule has 0 aromatic rings. The third kappa shape index (κ3) is 3.03. The van der Waals surface area contributed by atoms with Gasteiger partial charge < -0.3 is 4.74 Å². The normalized spacial score (nSPS) is 30.7. The lowest BCUT2D eigenvalue weighted by Crippen LogP contribution is -2.39. The first-order valence-corrected chi connectivity index (χ1v) is 6.63. The fraction of sp³-hybridized carbons (Fsp3) is 0.923. The number of fused-ring (bicyclic) bond motifs is 2. The van der Waals surface area contributed by atoms with Crippen molar-refractivity contribution in [3.63, 3.8) is 0 Å². The van der Waals surface area contributed by atoms with Crippen LogP contribution in [-0.2, 0) is 9.53 Å². The van der Waals surface area contributed by atoms with Gasteiger partial charge in [-0.2, -0.15) is 8.78 Å². The molecule has 0 radical (unpaired) electrons. The molecule has 2 bridgehead atoms. The Hall–Kier alpha value is -0.810. The average Bonchev–Trinajstić information content (AvgIpc) is 2.88. The van der Waals surface area contributed by atoms with Crippen molar-refractivity contribution in [3.8, 4) is 0 Å². The van der Waals surface area contributed by atoms with Crippen LogP contribution in [0.15, 0.2) is 0 Å². The molecule has 0 aromatic heterocycles. The van der Waals surface area contributed by atoms with E-state index in [1.165, 1.54) is 0 Å². The number of alkyl halides is 4. The van der Waals surface area contributed by atoms with Gasteiger partial charge in [0, 0.05) is 6.92 Å². The highest BCUT2D eigenvalue weighted by molar-refractivity contribution is 5.73. The summed E-state index contributed by atoms with van der Waals surface area (Å²) in [7, 11) is 0. The predicted molar refractivity (Wildman–Crippen MR) is 60.1 cm³/mol. The summed E-state index contributed by atoms with van der Waals surface area (Å²) in [5.74, 6) is -8.10. The summed E-state index contributed by atoms with van der Waals surface area (Å²) in [6, 6.07) is 0. The van der Waals surface area contributed by atoms with Gasteiger partial charge in [0.05, 0.1) is 18.9 Å². The second-order valence-electron chi connectivity index (χ2n) is 5.79. The lowest BCUT2D eigenvalue weighted by molar-refractivity contribution is -0.207. The van der Waals surface area contributed by atoms with Crippen LogP contribution in [0, 0.1) is 17.8 Å². The molecule has 2 nitrogen and oxygen atoms in total. The molecule has 0 aliphatic heterocycles. The minimum atomic E-state index is -4.14. The molecule has 0 heterocycles. The molecule has 2 rings (SSSR count). The molecule has 0 N–H and O–H groups in total. The van der Waals surface area contributed by atoms with Crippen molar-refractivity contribution < 1.29 is 27.1 Å². The van der Waals surface area contributed by atoms with Crippen molar-refractivity contribution in [3.05, 3.63) is 0 Å². The molecule has 110 valence electrons. The number of carbonyl (C=O) groups is 1. The van der Waals surface area contributed by atoms with Crippen LogP contribution in [0.2, 0.25) is 0 Å². The fourth-order valence-electron chi connectivity index (χ4n) is 3.14. The standard InChI is InChI=1S/C13H18F4O2/c1-12(14,15)13(16,17)4-5-19-11(18)10-7-8-2-3-9(10)6-8/h8-10H,2-7H2,1H3. The highest BCUT2D eigenvalue weighted by atomic mass is 19.3. The van der Waals surface area contributed by atoms with E-state index in [2.05, 4.69) is 0 Å². The Morgan fingerprint density at radius 2 is 1.89 bits per heavy atom. The van der Waals surface area contributed by atoms with Crippen LogP contribution >= 0.6 is 0 Å². The Balaban J connectivity index is 1.76. The highest BCUT2D eigenvalue weighted by Gasteiger charge is 2.52. The maximum absolute atomic E-state index is 13.0. The number of hydrogen-bond acceptors (Lipinski definition) is 2. The molecule has 0 amide bonds. The van der Waals surface area contributed by atoms with Gasteiger partial charge in [-0.15, -0.1) is 0 Å². The van der Waals surface area contributed by atoms with Crippen LogP contribution in [0.3, 0.4) is 0 Å². The Bertz CT molecular complexity index is 351. The van der Waals surface area contributed by atoms with Crippen molar-refractivity contribution in [2.24, 2.45) is 17.8 Å². The summed E-state index contributed by atoms with van der Waals surface area (Å²) in [5, 5.41) is 0. The van der Waals surface area contributed by atoms with Crippen LogP contribution in [0.5, 0.6) is 0 Å². The van der Waals surface area contributed by atoms with Crippen LogP contribution in [0.4, 0.5) is 17.6 Å². The van der Waals surface area contributed by atoms with Gasteiger partial charge in [-0.3, -0.25) is 4.79 Å². The third-order valence-corrected chi connectivity index (χ3v) is 4.34. The molecular weight excluding hydrogens is 264 g/mol. The number of ether oxygens (including phenoxy) is 1. The Labute approximate surface area is 109 Å². The molecule has 0 aromatic carbocycles. The molecule has 19 heavy (non-hydrogen) atoms. The molecule has 2 fully saturated rings. The summed E-state index contributed by atoms with van der Waals surface area (Å²) in [6.07, 6.45) is 2.72. The zero-order chi connectivity index (χ0) is 14.3. The first kappa shape index (κ1) is 14.6. The summed E-state index contributed by atoms with van der Waals surface area (Å²) in [4.78, 5) is 11.7. The molecule has 0 spiro atoms. The Morgan fingerprint density at radius 1 is 1.21 bits per heavy atom. The maximum atomic E-state index is 13.0. The van der Waals surface area contributed by atoms with E-state index in [1.54, 1.807) is 0 Å². The monoisotopic (exact) mass is 282 g/mol. The number of esters is 1. The molecule has 2 aliphatic carbocycles. The summed E-state index contributed by atoms with van der Waals surface area (Å²) in [6.45, 7) is -0.478. The van der Waals surface area contributed by atoms with E-state index >= 15 is 0 Å². The Morgan fingerprint density at radius 3 is 2.37 bits per heavy atom. The maximum Gasteiger partial charge on any atom is 0.313 e. The highest BCUT2D eigenvalue weighted by Crippen LogP contribution is 2.48. The second kappa shape index (κ2) is 4.94. The molecule has 2 saturated carbocycles. The third-order valence-electron chi connectivity index (χ3n) is 4.34. The van der Waals surface area contributed by atoms with Crippen molar-refractivity contribution in [2.75, 3.05) is 6.61 Å². The first-order chi connectivity index (χ1) is 8.71. The van der Waals surface area contributed by atoms with Crippen molar-refractivity contribution >= 4 is 5.97 Å². The lowest BCUT2D eigenvalue weighted by Gasteiger charge is -2.24. The van der Waals surface area contributed by atoms with Gasteiger partial charge in [0.2, 0.25) is 0 Å². The van der Waals surface area contributed by atoms with Gasteiger partial charge in [0.15, 0.2) is 0 Å². The number of rotatable bonds is 5. The van der Waals surface area contributed by atoms with E-state index in [0.717, 1.165) is 25.7 Å². The second-order valence-corrected chi connectivity index (χ2v) is 5.79. The number of hydrogen-bond donors (Lipinski definition) is 0. The van der Waals surface area contributed by atoms with E-state index in [9.17, 15) is 22.4 Å². The van der Waals surface area contributed by atoms with Crippen LogP contribution in [0.25, 0.3) is 0 Å². The van der Waals surface area contributed by atoms with Gasteiger partial charge in [0.25, 0.3) is 0 Å². The van der Waals surface area contributed by atoms with Gasteiger partial charge in [-0.25, -0.2) is 8.78 Å². The summed E-state index contributed by atoms with van der Waals surface area (Å²) >= 11 is 0. The fourth-order valence-corrected chi connectivity index (χ4v) is 3.14. The van der Waals surface area contributed by atoms with Crippen molar-refractivity contribution in [1.82, 2.24) is 0 Å². The smallest absolute Gasteiger partial charge is 0.313 e. The van der Waals surface area contributed by atoms with E-state index in [1.807, 2.05) is 0 Å². The quantitative estimate of drug-likeness (QED) is 0.568. The van der Waals surface area contributed by atoms with Crippen LogP contribution < -0.4 is 0 Å². The van der Waals surface area contributed by atoms with E-state index in [-0.39, 0.29) is 12.8 Å². The van der Waals surface area contributed by atoms with Crippen molar-refractivity contribution in [2.45, 2.75) is 50.9 Å². The Kier molecular flexibility index (Phi) is 3.80. The molecule has 0 saturated heterocycles. The molecular formula is C13H18F4O2. The zero-order valence-corrected chi connectivity index (χ0v) is 10.8. The molecule has 2 aliphatic rings. The predicted octanol–water partition coefficient (Wildman–Crippen LogP) is 3.65. The minimum absolute atomic E-state index is 0.171. The van der Waals surface area contributed by atoms with Crippen LogP contribution in [0.1, 0.15) is 39.0 Å². The average molecular weight is 282 g/mol. The van der Waals surface area contributed by atoms with E-state index < -0.39 is 30.8 Å². The summed E-state index contributed by atoms with van der Waals surface area (Å²) in [5.41, 5.74) is 0. The summed E-state index contributed by atoms with van der Waals surface area (Å²) < 4.78 is 55.8. The molecule has 3 atom stereocenters. The van der Waals surface area contributed by atoms with Crippen molar-refractivity contribution in [1.29, 1.82) is 0 Å². The van der Waals surface area contributed by atoms with Gasteiger partial charge in [-0.1, -0.05) is 6.42 Å². The topological polar surface area (TPSA) is 26.3 Å². The minimum Gasteiger partial charge on any atom is -0.465 e. The number of carbonyl (C=O) groups excluding carboxylic acids is 1. The first-order valence-electron chi connectivity index (χ1n) is 6.63. The molecule has 3 unspecified atom stereocenters. The van der Waals surface area contributed by atoms with Gasteiger partial charge in [0.1, 0.15) is 0 Å². The van der Waals surface area contributed by atoms with Crippen LogP contribution in [-0.4, -0.2) is 24.4 Å². The largest absolute Gasteiger partial charge is 0.465 e. The van der Waals surface area contributed by atoms with E-state index in [4.69, 9.17) is 4.74 Å².